The lowest BCUT2D eigenvalue weighted by Crippen LogP contribution is -2.44. The predicted octanol–water partition coefficient (Wildman–Crippen LogP) is 4.45. The fourth-order valence-corrected chi connectivity index (χ4v) is 5.08. The number of hydrogen-bond donors (Lipinski definition) is 0. The summed E-state index contributed by atoms with van der Waals surface area (Å²) >= 11 is 1.61. The minimum absolute atomic E-state index is 0.0991. The lowest BCUT2D eigenvalue weighted by molar-refractivity contribution is -0.132. The number of benzene rings is 2. The molecule has 2 aromatic carbocycles. The number of thiophene rings is 1. The van der Waals surface area contributed by atoms with Crippen LogP contribution in [0.15, 0.2) is 47.8 Å². The Morgan fingerprint density at radius 1 is 0.800 bits per heavy atom. The summed E-state index contributed by atoms with van der Waals surface area (Å²) in [7, 11) is 7.81. The zero-order valence-corrected chi connectivity index (χ0v) is 24.8. The van der Waals surface area contributed by atoms with Crippen LogP contribution in [0.5, 0.6) is 23.0 Å². The number of carbonyl (C=O) groups excluding carboxylic acids is 2. The normalized spacial score (nSPS) is 10.7. The number of amides is 2. The molecule has 0 saturated heterocycles. The van der Waals surface area contributed by atoms with E-state index in [4.69, 9.17) is 23.7 Å². The first-order chi connectivity index (χ1) is 19.3. The van der Waals surface area contributed by atoms with Crippen molar-refractivity contribution < 1.29 is 33.3 Å². The first-order valence-electron chi connectivity index (χ1n) is 12.9. The SMILES string of the molecule is COCCN(CC(=O)N(CCc1ccc(OC)c(OC)c1)Cc1sccc1C)C(=O)c1cc(OC)cc(OC)c1. The van der Waals surface area contributed by atoms with Gasteiger partial charge in [0, 0.05) is 36.7 Å². The largest absolute Gasteiger partial charge is 0.497 e. The molecule has 0 aliphatic carbocycles. The standard InChI is InChI=1S/C30H38N2O7S/c1-21-10-14-40-28(21)19-31(11-9-22-7-8-26(38-5)27(15-22)39-6)29(33)20-32(12-13-35-2)30(34)23-16-24(36-3)18-25(17-23)37-4/h7-8,10,14-18H,9,11-13,19-20H2,1-6H3. The van der Waals surface area contributed by atoms with Gasteiger partial charge in [0.15, 0.2) is 11.5 Å². The Kier molecular flexibility index (Phi) is 11.6. The van der Waals surface area contributed by atoms with E-state index in [2.05, 4.69) is 0 Å². The third kappa shape index (κ3) is 8.12. The van der Waals surface area contributed by atoms with Crippen molar-refractivity contribution in [2.45, 2.75) is 19.9 Å². The minimum Gasteiger partial charge on any atom is -0.497 e. The number of carbonyl (C=O) groups is 2. The summed E-state index contributed by atoms with van der Waals surface area (Å²) in [4.78, 5) is 31.8. The molecule has 0 atom stereocenters. The van der Waals surface area contributed by atoms with Crippen molar-refractivity contribution in [1.29, 1.82) is 0 Å². The Balaban J connectivity index is 1.84. The van der Waals surface area contributed by atoms with Crippen LogP contribution in [-0.4, -0.2) is 83.4 Å². The smallest absolute Gasteiger partial charge is 0.254 e. The Morgan fingerprint density at radius 2 is 1.50 bits per heavy atom. The van der Waals surface area contributed by atoms with E-state index < -0.39 is 0 Å². The van der Waals surface area contributed by atoms with Crippen molar-refractivity contribution in [2.75, 3.05) is 61.8 Å². The highest BCUT2D eigenvalue weighted by Gasteiger charge is 2.24. The fraction of sp³-hybridized carbons (Fsp3) is 0.400. The predicted molar refractivity (Wildman–Crippen MR) is 155 cm³/mol. The molecule has 10 heteroatoms. The lowest BCUT2D eigenvalue weighted by Gasteiger charge is -2.28. The molecule has 0 aliphatic rings. The van der Waals surface area contributed by atoms with Gasteiger partial charge in [0.25, 0.3) is 5.91 Å². The van der Waals surface area contributed by atoms with Gasteiger partial charge in [0.1, 0.15) is 18.0 Å². The number of nitrogens with zero attached hydrogens (tertiary/aromatic N) is 2. The summed E-state index contributed by atoms with van der Waals surface area (Å²) in [5.74, 6) is 1.80. The van der Waals surface area contributed by atoms with Crippen molar-refractivity contribution in [3.8, 4) is 23.0 Å². The van der Waals surface area contributed by atoms with Gasteiger partial charge in [-0.05, 0) is 60.2 Å². The van der Waals surface area contributed by atoms with Gasteiger partial charge in [0.05, 0.1) is 41.6 Å². The van der Waals surface area contributed by atoms with Crippen LogP contribution < -0.4 is 18.9 Å². The highest BCUT2D eigenvalue weighted by molar-refractivity contribution is 7.10. The number of methoxy groups -OCH3 is 5. The van der Waals surface area contributed by atoms with Crippen molar-refractivity contribution in [2.24, 2.45) is 0 Å². The van der Waals surface area contributed by atoms with Crippen LogP contribution in [0.4, 0.5) is 0 Å². The van der Waals surface area contributed by atoms with Gasteiger partial charge in [-0.2, -0.15) is 0 Å². The molecule has 0 unspecified atom stereocenters. The van der Waals surface area contributed by atoms with Gasteiger partial charge in [-0.1, -0.05) is 6.07 Å². The highest BCUT2D eigenvalue weighted by atomic mass is 32.1. The maximum absolute atomic E-state index is 13.8. The van der Waals surface area contributed by atoms with Gasteiger partial charge >= 0.3 is 0 Å². The molecule has 0 aliphatic heterocycles. The molecule has 0 N–H and O–H groups in total. The summed E-state index contributed by atoms with van der Waals surface area (Å²) in [5.41, 5.74) is 2.50. The Hall–Kier alpha value is -3.76. The molecule has 40 heavy (non-hydrogen) atoms. The molecule has 1 aromatic heterocycles. The molecule has 0 bridgehead atoms. The topological polar surface area (TPSA) is 86.8 Å². The zero-order chi connectivity index (χ0) is 29.1. The lowest BCUT2D eigenvalue weighted by atomic mass is 10.1. The molecule has 0 fully saturated rings. The van der Waals surface area contributed by atoms with Gasteiger partial charge in [0.2, 0.25) is 5.91 Å². The average Bonchev–Trinajstić information content (AvgIpc) is 3.39. The van der Waals surface area contributed by atoms with E-state index in [0.717, 1.165) is 16.0 Å². The fourth-order valence-electron chi connectivity index (χ4n) is 4.16. The monoisotopic (exact) mass is 570 g/mol. The van der Waals surface area contributed by atoms with Crippen LogP contribution in [0.2, 0.25) is 0 Å². The molecule has 9 nitrogen and oxygen atoms in total. The van der Waals surface area contributed by atoms with Crippen molar-refractivity contribution >= 4 is 23.2 Å². The molecule has 0 radical (unpaired) electrons. The third-order valence-corrected chi connectivity index (χ3v) is 7.56. The number of aryl methyl sites for hydroxylation is 1. The van der Waals surface area contributed by atoms with Crippen LogP contribution in [0.1, 0.15) is 26.4 Å². The average molecular weight is 571 g/mol. The van der Waals surface area contributed by atoms with Crippen LogP contribution in [0, 0.1) is 6.92 Å². The quantitative estimate of drug-likeness (QED) is 0.267. The van der Waals surface area contributed by atoms with Gasteiger partial charge in [-0.3, -0.25) is 9.59 Å². The Bertz CT molecular complexity index is 1250. The molecule has 3 aromatic rings. The van der Waals surface area contributed by atoms with E-state index in [-0.39, 0.29) is 31.5 Å². The summed E-state index contributed by atoms with van der Waals surface area (Å²) in [6.45, 7) is 3.39. The maximum atomic E-state index is 13.8. The molecular formula is C30H38N2O7S. The van der Waals surface area contributed by atoms with Crippen molar-refractivity contribution in [3.63, 3.8) is 0 Å². The van der Waals surface area contributed by atoms with Gasteiger partial charge in [-0.15, -0.1) is 11.3 Å². The van der Waals surface area contributed by atoms with E-state index in [9.17, 15) is 9.59 Å². The summed E-state index contributed by atoms with van der Waals surface area (Å²) < 4.78 is 26.7. The molecule has 0 saturated carbocycles. The number of ether oxygens (including phenoxy) is 5. The molecule has 0 spiro atoms. The van der Waals surface area contributed by atoms with E-state index in [1.165, 1.54) is 19.1 Å². The van der Waals surface area contributed by atoms with Crippen molar-refractivity contribution in [3.05, 3.63) is 69.4 Å². The van der Waals surface area contributed by atoms with E-state index >= 15 is 0 Å². The number of hydrogen-bond acceptors (Lipinski definition) is 8. The second-order valence-electron chi connectivity index (χ2n) is 9.10. The summed E-state index contributed by atoms with van der Waals surface area (Å²) in [5, 5.41) is 2.02. The third-order valence-electron chi connectivity index (χ3n) is 6.55. The van der Waals surface area contributed by atoms with Gasteiger partial charge in [-0.25, -0.2) is 0 Å². The van der Waals surface area contributed by atoms with Gasteiger partial charge < -0.3 is 33.5 Å². The molecule has 216 valence electrons. The van der Waals surface area contributed by atoms with E-state index in [1.807, 2.05) is 36.6 Å². The van der Waals surface area contributed by atoms with Crippen molar-refractivity contribution in [1.82, 2.24) is 9.80 Å². The molecular weight excluding hydrogens is 532 g/mol. The number of rotatable bonds is 15. The molecule has 3 rings (SSSR count). The maximum Gasteiger partial charge on any atom is 0.254 e. The molecule has 2 amide bonds. The second kappa shape index (κ2) is 15.1. The first-order valence-corrected chi connectivity index (χ1v) is 13.7. The van der Waals surface area contributed by atoms with Crippen LogP contribution in [-0.2, 0) is 22.5 Å². The van der Waals surface area contributed by atoms with E-state index in [1.54, 1.807) is 55.8 Å². The van der Waals surface area contributed by atoms with Crippen LogP contribution in [0.3, 0.4) is 0 Å². The summed E-state index contributed by atoms with van der Waals surface area (Å²) in [6.07, 6.45) is 0.607. The minimum atomic E-state index is -0.310. The first kappa shape index (κ1) is 30.8. The Labute approximate surface area is 240 Å². The Morgan fingerprint density at radius 3 is 2.08 bits per heavy atom. The zero-order valence-electron chi connectivity index (χ0n) is 24.0. The highest BCUT2D eigenvalue weighted by Crippen LogP contribution is 2.28. The van der Waals surface area contributed by atoms with E-state index in [0.29, 0.717) is 48.1 Å². The summed E-state index contributed by atoms with van der Waals surface area (Å²) in [6, 6.07) is 12.8. The second-order valence-corrected chi connectivity index (χ2v) is 10.1. The molecule has 1 heterocycles. The van der Waals surface area contributed by atoms with Crippen LogP contribution >= 0.6 is 11.3 Å². The van der Waals surface area contributed by atoms with Crippen LogP contribution in [0.25, 0.3) is 0 Å².